The van der Waals surface area contributed by atoms with Crippen LogP contribution in [0.5, 0.6) is 0 Å². The third-order valence-electron chi connectivity index (χ3n) is 4.82. The van der Waals surface area contributed by atoms with Gasteiger partial charge in [-0.15, -0.1) is 0 Å². The summed E-state index contributed by atoms with van der Waals surface area (Å²) in [7, 11) is 0. The molecule has 0 saturated carbocycles. The summed E-state index contributed by atoms with van der Waals surface area (Å²) in [5.41, 5.74) is 5.79. The first-order valence-electron chi connectivity index (χ1n) is 9.33. The Hall–Kier alpha value is -3.41. The van der Waals surface area contributed by atoms with Crippen LogP contribution in [0.1, 0.15) is 33.8 Å². The van der Waals surface area contributed by atoms with Crippen molar-refractivity contribution in [1.82, 2.24) is 19.6 Å². The molecule has 2 aromatic heterocycles. The van der Waals surface area contributed by atoms with Crippen LogP contribution >= 0.6 is 0 Å². The van der Waals surface area contributed by atoms with E-state index in [1.807, 2.05) is 44.2 Å². The molecule has 0 fully saturated rings. The van der Waals surface area contributed by atoms with Gasteiger partial charge in [0.05, 0.1) is 12.2 Å². The summed E-state index contributed by atoms with van der Waals surface area (Å²) in [6.07, 6.45) is 0.552. The zero-order chi connectivity index (χ0) is 19.7. The summed E-state index contributed by atoms with van der Waals surface area (Å²) in [4.78, 5) is 22.0. The maximum absolute atomic E-state index is 13.0. The number of anilines is 1. The average molecular weight is 373 g/mol. The number of hydrogen-bond acceptors (Lipinski definition) is 4. The molecule has 6 nitrogen and oxygen atoms in total. The van der Waals surface area contributed by atoms with E-state index in [-0.39, 0.29) is 5.56 Å². The van der Waals surface area contributed by atoms with Crippen LogP contribution in [-0.2, 0) is 13.0 Å². The molecule has 28 heavy (non-hydrogen) atoms. The topological polar surface area (TPSA) is 75.1 Å². The number of aromatic amines is 1. The van der Waals surface area contributed by atoms with Crippen LogP contribution in [0.3, 0.4) is 0 Å². The zero-order valence-corrected chi connectivity index (χ0v) is 16.3. The smallest absolute Gasteiger partial charge is 0.277 e. The highest BCUT2D eigenvalue weighted by atomic mass is 16.1. The molecule has 0 unspecified atom stereocenters. The van der Waals surface area contributed by atoms with Crippen molar-refractivity contribution >= 4 is 11.5 Å². The Kier molecular flexibility index (Phi) is 4.69. The molecule has 2 aromatic carbocycles. The van der Waals surface area contributed by atoms with Gasteiger partial charge in [0.15, 0.2) is 0 Å². The summed E-state index contributed by atoms with van der Waals surface area (Å²) in [5.74, 6) is 1.06. The van der Waals surface area contributed by atoms with Gasteiger partial charge in [-0.05, 0) is 44.0 Å². The van der Waals surface area contributed by atoms with E-state index in [0.717, 1.165) is 16.9 Å². The van der Waals surface area contributed by atoms with Crippen LogP contribution in [0.2, 0.25) is 0 Å². The van der Waals surface area contributed by atoms with Crippen molar-refractivity contribution < 1.29 is 0 Å². The van der Waals surface area contributed by atoms with Crippen LogP contribution in [0.25, 0.3) is 5.78 Å². The lowest BCUT2D eigenvalue weighted by Crippen LogP contribution is -2.22. The molecule has 142 valence electrons. The fourth-order valence-electron chi connectivity index (χ4n) is 3.23. The molecule has 0 atom stereocenters. The fourth-order valence-corrected chi connectivity index (χ4v) is 3.23. The zero-order valence-electron chi connectivity index (χ0n) is 16.3. The maximum atomic E-state index is 13.0. The van der Waals surface area contributed by atoms with E-state index in [9.17, 15) is 4.79 Å². The van der Waals surface area contributed by atoms with E-state index >= 15 is 0 Å². The molecule has 4 aromatic rings. The average Bonchev–Trinajstić information content (AvgIpc) is 3.08. The third kappa shape index (κ3) is 3.67. The number of nitrogens with one attached hydrogen (secondary N) is 2. The molecule has 0 spiro atoms. The van der Waals surface area contributed by atoms with Crippen molar-refractivity contribution in [1.29, 1.82) is 0 Å². The van der Waals surface area contributed by atoms with Crippen molar-refractivity contribution in [3.05, 3.63) is 92.7 Å². The van der Waals surface area contributed by atoms with Crippen LogP contribution in [0, 0.1) is 20.8 Å². The lowest BCUT2D eigenvalue weighted by Gasteiger charge is -2.05. The predicted octanol–water partition coefficient (Wildman–Crippen LogP) is 3.55. The minimum atomic E-state index is -0.0996. The molecule has 0 bridgehead atoms. The summed E-state index contributed by atoms with van der Waals surface area (Å²) < 4.78 is 1.43. The highest BCUT2D eigenvalue weighted by Gasteiger charge is 2.14. The number of rotatable bonds is 5. The highest BCUT2D eigenvalue weighted by molar-refractivity contribution is 5.45. The van der Waals surface area contributed by atoms with E-state index in [1.54, 1.807) is 0 Å². The molecule has 6 heteroatoms. The summed E-state index contributed by atoms with van der Waals surface area (Å²) >= 11 is 0. The Balaban J connectivity index is 1.61. The van der Waals surface area contributed by atoms with Gasteiger partial charge in [-0.25, -0.2) is 4.98 Å². The third-order valence-corrected chi connectivity index (χ3v) is 4.82. The van der Waals surface area contributed by atoms with Gasteiger partial charge in [-0.2, -0.15) is 9.50 Å². The number of aromatic nitrogens is 4. The molecule has 0 aliphatic rings. The highest BCUT2D eigenvalue weighted by Crippen LogP contribution is 2.12. The van der Waals surface area contributed by atoms with Crippen molar-refractivity contribution in [3.8, 4) is 0 Å². The van der Waals surface area contributed by atoms with Gasteiger partial charge in [0.25, 0.3) is 11.3 Å². The number of hydrogen-bond donors (Lipinski definition) is 2. The van der Waals surface area contributed by atoms with Crippen molar-refractivity contribution in [3.63, 3.8) is 0 Å². The molecule has 4 rings (SSSR count). The molecule has 0 aliphatic carbocycles. The number of aryl methyl sites for hydroxylation is 3. The van der Waals surface area contributed by atoms with Gasteiger partial charge in [-0.3, -0.25) is 9.89 Å². The summed E-state index contributed by atoms with van der Waals surface area (Å²) in [6.45, 7) is 6.45. The second-order valence-corrected chi connectivity index (χ2v) is 7.17. The molecule has 0 saturated heterocycles. The number of benzene rings is 2. The Labute approximate surface area is 163 Å². The van der Waals surface area contributed by atoms with Crippen LogP contribution in [-0.4, -0.2) is 19.6 Å². The van der Waals surface area contributed by atoms with Crippen molar-refractivity contribution in [2.75, 3.05) is 5.32 Å². The normalized spacial score (nSPS) is 11.1. The molecular formula is C22H23N5O. The van der Waals surface area contributed by atoms with E-state index in [4.69, 9.17) is 0 Å². The van der Waals surface area contributed by atoms with Crippen LogP contribution in [0.15, 0.2) is 53.3 Å². The van der Waals surface area contributed by atoms with Crippen LogP contribution in [0.4, 0.5) is 5.69 Å². The number of H-pyrrole nitrogens is 1. The largest absolute Gasteiger partial charge is 0.378 e. The number of nitrogens with zero attached hydrogens (tertiary/aromatic N) is 3. The van der Waals surface area contributed by atoms with Gasteiger partial charge in [-0.1, -0.05) is 42.0 Å². The fraction of sp³-hybridized carbons (Fsp3) is 0.227. The second kappa shape index (κ2) is 7.31. The number of fused-ring (bicyclic) bond motifs is 1. The van der Waals surface area contributed by atoms with E-state index in [2.05, 4.69) is 45.5 Å². The minimum Gasteiger partial charge on any atom is -0.378 e. The molecule has 2 N–H and O–H groups in total. The van der Waals surface area contributed by atoms with Gasteiger partial charge in [0.1, 0.15) is 5.82 Å². The molecule has 0 amide bonds. The molecule has 0 radical (unpaired) electrons. The van der Waals surface area contributed by atoms with Gasteiger partial charge in [0.2, 0.25) is 0 Å². The lowest BCUT2D eigenvalue weighted by atomic mass is 10.0. The quantitative estimate of drug-likeness (QED) is 0.561. The molecule has 0 aliphatic heterocycles. The van der Waals surface area contributed by atoms with Gasteiger partial charge < -0.3 is 5.32 Å². The Bertz CT molecular complexity index is 1190. The lowest BCUT2D eigenvalue weighted by molar-refractivity contribution is 0.832. The van der Waals surface area contributed by atoms with Gasteiger partial charge in [0, 0.05) is 17.7 Å². The first kappa shape index (κ1) is 18.0. The monoisotopic (exact) mass is 373 g/mol. The summed E-state index contributed by atoms with van der Waals surface area (Å²) in [6, 6.07) is 16.3. The maximum Gasteiger partial charge on any atom is 0.277 e. The van der Waals surface area contributed by atoms with E-state index < -0.39 is 0 Å². The first-order valence-corrected chi connectivity index (χ1v) is 9.33. The standard InChI is InChI=1S/C22H23N5O/c1-14-7-9-17(10-8-14)12-19-16(3)24-22-25-20(26-27(22)21(19)28)13-23-18-6-4-5-15(2)11-18/h4-11,23H,12-13H2,1-3H3,(H,24,25,26). The summed E-state index contributed by atoms with van der Waals surface area (Å²) in [5, 5.41) is 6.40. The minimum absolute atomic E-state index is 0.0996. The Morgan fingerprint density at radius 3 is 2.54 bits per heavy atom. The Morgan fingerprint density at radius 2 is 1.79 bits per heavy atom. The SMILES string of the molecule is Cc1ccc(Cc2c(C)nc3nc(CNc4cccc(C)c4)[nH]n3c2=O)cc1. The first-order chi connectivity index (χ1) is 13.5. The van der Waals surface area contributed by atoms with Gasteiger partial charge >= 0.3 is 0 Å². The van der Waals surface area contributed by atoms with E-state index in [1.165, 1.54) is 15.6 Å². The van der Waals surface area contributed by atoms with E-state index in [0.29, 0.717) is 30.1 Å². The molecule has 2 heterocycles. The van der Waals surface area contributed by atoms with Crippen molar-refractivity contribution in [2.24, 2.45) is 0 Å². The van der Waals surface area contributed by atoms with Crippen LogP contribution < -0.4 is 10.9 Å². The Morgan fingerprint density at radius 1 is 1.00 bits per heavy atom. The predicted molar refractivity (Wildman–Crippen MR) is 111 cm³/mol. The van der Waals surface area contributed by atoms with Crippen molar-refractivity contribution in [2.45, 2.75) is 33.7 Å². The second-order valence-electron chi connectivity index (χ2n) is 7.17. The molecular weight excluding hydrogens is 350 g/mol.